The van der Waals surface area contributed by atoms with Gasteiger partial charge in [-0.25, -0.2) is 0 Å². The minimum absolute atomic E-state index is 0.00398. The first-order valence-electron chi connectivity index (χ1n) is 4.15. The molecule has 0 saturated carbocycles. The number of nitro benzene ring substituents is 1. The predicted octanol–water partition coefficient (Wildman–Crippen LogP) is 1.84. The van der Waals surface area contributed by atoms with Crippen LogP contribution in [0.15, 0.2) is 12.1 Å². The fourth-order valence-corrected chi connectivity index (χ4v) is 1.27. The second kappa shape index (κ2) is 4.21. The van der Waals surface area contributed by atoms with Crippen molar-refractivity contribution in [3.63, 3.8) is 0 Å². The molecule has 0 bridgehead atoms. The zero-order chi connectivity index (χ0) is 11.4. The van der Waals surface area contributed by atoms with Crippen LogP contribution in [0, 0.1) is 39.7 Å². The summed E-state index contributed by atoms with van der Waals surface area (Å²) in [5.41, 5.74) is 1.09. The minimum atomic E-state index is -0.517. The van der Waals surface area contributed by atoms with Crippen LogP contribution in [0.2, 0.25) is 0 Å². The van der Waals surface area contributed by atoms with Crippen molar-refractivity contribution < 1.29 is 4.92 Å². The molecule has 0 amide bonds. The number of hydrogen-bond acceptors (Lipinski definition) is 4. The van der Waals surface area contributed by atoms with Gasteiger partial charge in [0.2, 0.25) is 0 Å². The molecule has 0 N–H and O–H groups in total. The maximum Gasteiger partial charge on any atom is 0.272 e. The summed E-state index contributed by atoms with van der Waals surface area (Å²) < 4.78 is 0. The summed E-state index contributed by atoms with van der Waals surface area (Å²) in [5.74, 6) is 0. The fraction of sp³-hybridized carbons (Fsp3) is 0.200. The summed E-state index contributed by atoms with van der Waals surface area (Å²) in [6.45, 7) is 1.56. The van der Waals surface area contributed by atoms with E-state index in [1.54, 1.807) is 6.92 Å². The van der Waals surface area contributed by atoms with E-state index in [1.165, 1.54) is 12.1 Å². The molecule has 1 rings (SSSR count). The van der Waals surface area contributed by atoms with Crippen LogP contribution in [-0.2, 0) is 6.42 Å². The Morgan fingerprint density at radius 2 is 2.13 bits per heavy atom. The summed E-state index contributed by atoms with van der Waals surface area (Å²) in [6.07, 6.45) is 0.00398. The molecule has 0 fully saturated rings. The summed E-state index contributed by atoms with van der Waals surface area (Å²) in [6, 6.07) is 6.51. The Labute approximate surface area is 86.3 Å². The van der Waals surface area contributed by atoms with Gasteiger partial charge >= 0.3 is 0 Å². The lowest BCUT2D eigenvalue weighted by atomic mass is 10.0. The number of benzene rings is 1. The highest BCUT2D eigenvalue weighted by Crippen LogP contribution is 2.22. The van der Waals surface area contributed by atoms with E-state index in [4.69, 9.17) is 10.5 Å². The van der Waals surface area contributed by atoms with Crippen molar-refractivity contribution in [1.29, 1.82) is 10.5 Å². The molecule has 5 nitrogen and oxygen atoms in total. The average Bonchev–Trinajstić information content (AvgIpc) is 2.20. The van der Waals surface area contributed by atoms with Gasteiger partial charge < -0.3 is 0 Å². The first-order valence-corrected chi connectivity index (χ1v) is 4.15. The van der Waals surface area contributed by atoms with Gasteiger partial charge in [0.1, 0.15) is 0 Å². The van der Waals surface area contributed by atoms with Crippen LogP contribution in [0.1, 0.15) is 16.7 Å². The van der Waals surface area contributed by atoms with E-state index in [0.717, 1.165) is 0 Å². The number of hydrogen-bond donors (Lipinski definition) is 0. The van der Waals surface area contributed by atoms with E-state index in [0.29, 0.717) is 16.7 Å². The van der Waals surface area contributed by atoms with Crippen LogP contribution in [0.4, 0.5) is 5.69 Å². The van der Waals surface area contributed by atoms with Crippen molar-refractivity contribution in [1.82, 2.24) is 0 Å². The number of nitro groups is 1. The van der Waals surface area contributed by atoms with Crippen molar-refractivity contribution >= 4 is 5.69 Å². The second-order valence-corrected chi connectivity index (χ2v) is 3.00. The van der Waals surface area contributed by atoms with Crippen LogP contribution < -0.4 is 0 Å². The molecule has 0 aliphatic rings. The Hall–Kier alpha value is -2.40. The predicted molar refractivity (Wildman–Crippen MR) is 51.9 cm³/mol. The highest BCUT2D eigenvalue weighted by Gasteiger charge is 2.14. The van der Waals surface area contributed by atoms with Crippen molar-refractivity contribution in [3.8, 4) is 12.1 Å². The smallest absolute Gasteiger partial charge is 0.258 e. The number of nitriles is 2. The zero-order valence-electron chi connectivity index (χ0n) is 8.02. The molecule has 1 aromatic rings. The summed E-state index contributed by atoms with van der Waals surface area (Å²) >= 11 is 0. The van der Waals surface area contributed by atoms with E-state index in [-0.39, 0.29) is 12.1 Å². The largest absolute Gasteiger partial charge is 0.272 e. The van der Waals surface area contributed by atoms with Gasteiger partial charge in [-0.2, -0.15) is 10.5 Å². The molecule has 0 spiro atoms. The van der Waals surface area contributed by atoms with Gasteiger partial charge in [0, 0.05) is 11.6 Å². The molecule has 0 aromatic heterocycles. The van der Waals surface area contributed by atoms with Crippen LogP contribution in [0.5, 0.6) is 0 Å². The van der Waals surface area contributed by atoms with Crippen molar-refractivity contribution in [3.05, 3.63) is 38.9 Å². The van der Waals surface area contributed by atoms with Crippen LogP contribution in [0.3, 0.4) is 0 Å². The number of nitrogens with zero attached hydrogens (tertiary/aromatic N) is 3. The van der Waals surface area contributed by atoms with Crippen LogP contribution >= 0.6 is 0 Å². The normalized spacial score (nSPS) is 9.00. The quantitative estimate of drug-likeness (QED) is 0.539. The van der Waals surface area contributed by atoms with Crippen molar-refractivity contribution in [2.24, 2.45) is 0 Å². The third-order valence-electron chi connectivity index (χ3n) is 2.01. The Morgan fingerprint density at radius 1 is 1.47 bits per heavy atom. The molecular formula is C10H7N3O2. The Morgan fingerprint density at radius 3 is 2.60 bits per heavy atom. The standard InChI is InChI=1S/C10H7N3O2/c1-7-4-9(6-12)8(2-3-11)5-10(7)13(14)15/h4-5H,2H2,1H3. The lowest BCUT2D eigenvalue weighted by Crippen LogP contribution is -1.97. The molecule has 0 aliphatic carbocycles. The van der Waals surface area contributed by atoms with Gasteiger partial charge in [-0.3, -0.25) is 10.1 Å². The highest BCUT2D eigenvalue weighted by molar-refractivity contribution is 5.51. The SMILES string of the molecule is Cc1cc(C#N)c(CC#N)cc1[N+](=O)[O-]. The third-order valence-corrected chi connectivity index (χ3v) is 2.01. The maximum atomic E-state index is 10.6. The van der Waals surface area contributed by atoms with Gasteiger partial charge in [-0.05, 0) is 18.6 Å². The third kappa shape index (κ3) is 2.09. The van der Waals surface area contributed by atoms with E-state index in [1.807, 2.05) is 12.1 Å². The molecule has 0 saturated heterocycles. The van der Waals surface area contributed by atoms with E-state index in [2.05, 4.69) is 0 Å². The van der Waals surface area contributed by atoms with Crippen LogP contribution in [0.25, 0.3) is 0 Å². The van der Waals surface area contributed by atoms with Crippen molar-refractivity contribution in [2.45, 2.75) is 13.3 Å². The molecule has 5 heteroatoms. The fourth-order valence-electron chi connectivity index (χ4n) is 1.27. The molecule has 0 heterocycles. The number of aryl methyl sites for hydroxylation is 1. The monoisotopic (exact) mass is 201 g/mol. The van der Waals surface area contributed by atoms with Gasteiger partial charge in [0.15, 0.2) is 0 Å². The molecule has 0 aliphatic heterocycles. The Balaban J connectivity index is 3.39. The molecule has 1 aromatic carbocycles. The maximum absolute atomic E-state index is 10.6. The van der Waals surface area contributed by atoms with Gasteiger partial charge in [-0.1, -0.05) is 0 Å². The molecule has 15 heavy (non-hydrogen) atoms. The lowest BCUT2D eigenvalue weighted by molar-refractivity contribution is -0.385. The molecule has 74 valence electrons. The van der Waals surface area contributed by atoms with Gasteiger partial charge in [-0.15, -0.1) is 0 Å². The zero-order valence-corrected chi connectivity index (χ0v) is 8.02. The summed E-state index contributed by atoms with van der Waals surface area (Å²) in [7, 11) is 0. The first-order chi connectivity index (χ1) is 7.10. The van der Waals surface area contributed by atoms with Crippen molar-refractivity contribution in [2.75, 3.05) is 0 Å². The van der Waals surface area contributed by atoms with E-state index < -0.39 is 4.92 Å². The minimum Gasteiger partial charge on any atom is -0.258 e. The van der Waals surface area contributed by atoms with Gasteiger partial charge in [0.05, 0.1) is 29.0 Å². The Bertz CT molecular complexity index is 495. The number of rotatable bonds is 2. The molecule has 0 unspecified atom stereocenters. The van der Waals surface area contributed by atoms with Crippen LogP contribution in [-0.4, -0.2) is 4.92 Å². The molecular weight excluding hydrogens is 194 g/mol. The lowest BCUT2D eigenvalue weighted by Gasteiger charge is -2.02. The topological polar surface area (TPSA) is 90.7 Å². The second-order valence-electron chi connectivity index (χ2n) is 3.00. The van der Waals surface area contributed by atoms with Gasteiger partial charge in [0.25, 0.3) is 5.69 Å². The summed E-state index contributed by atoms with van der Waals surface area (Å²) in [5, 5.41) is 27.9. The molecule has 0 radical (unpaired) electrons. The summed E-state index contributed by atoms with van der Waals surface area (Å²) in [4.78, 5) is 10.1. The van der Waals surface area contributed by atoms with E-state index in [9.17, 15) is 10.1 Å². The first kappa shape index (κ1) is 10.7. The molecule has 0 atom stereocenters. The van der Waals surface area contributed by atoms with E-state index >= 15 is 0 Å². The highest BCUT2D eigenvalue weighted by atomic mass is 16.6. The average molecular weight is 201 g/mol. The Kier molecular flexibility index (Phi) is 3.00.